The van der Waals surface area contributed by atoms with Crippen LogP contribution in [0.2, 0.25) is 0 Å². The SMILES string of the molecule is C=CC(=C)N(C)O.COc1c(C2CCC(c3ccccc3)CC2)ccc(F)c1F.[U]. The average molecular weight is 640 g/mol. The van der Waals surface area contributed by atoms with Gasteiger partial charge < -0.3 is 4.74 Å². The summed E-state index contributed by atoms with van der Waals surface area (Å²) in [5.41, 5.74) is 2.67. The number of hydrogen-bond acceptors (Lipinski definition) is 3. The molecule has 0 bridgehead atoms. The first-order valence-corrected chi connectivity index (χ1v) is 9.69. The largest absolute Gasteiger partial charge is 0.493 e. The van der Waals surface area contributed by atoms with Crippen molar-refractivity contribution in [3.63, 3.8) is 0 Å². The van der Waals surface area contributed by atoms with Gasteiger partial charge in [0.2, 0.25) is 5.82 Å². The topological polar surface area (TPSA) is 32.7 Å². The maximum Gasteiger partial charge on any atom is 0.200 e. The fourth-order valence-electron chi connectivity index (χ4n) is 3.67. The third kappa shape index (κ3) is 6.98. The number of hydrogen-bond donors (Lipinski definition) is 1. The van der Waals surface area contributed by atoms with Crippen molar-refractivity contribution in [2.75, 3.05) is 14.2 Å². The summed E-state index contributed by atoms with van der Waals surface area (Å²) in [7, 11) is 2.89. The number of nitrogens with zero attached hydrogens (tertiary/aromatic N) is 1. The van der Waals surface area contributed by atoms with E-state index < -0.39 is 11.6 Å². The molecule has 0 aliphatic heterocycles. The number of halogens is 2. The van der Waals surface area contributed by atoms with Crippen molar-refractivity contribution in [1.82, 2.24) is 5.06 Å². The predicted octanol–water partition coefficient (Wildman–Crippen LogP) is 6.42. The average Bonchev–Trinajstić information content (AvgIpc) is 2.76. The van der Waals surface area contributed by atoms with Gasteiger partial charge in [0.1, 0.15) is 0 Å². The van der Waals surface area contributed by atoms with Gasteiger partial charge in [-0.1, -0.05) is 49.6 Å². The van der Waals surface area contributed by atoms with Crippen molar-refractivity contribution < 1.29 is 49.8 Å². The number of benzene rings is 2. The van der Waals surface area contributed by atoms with Crippen LogP contribution >= 0.6 is 0 Å². The molecule has 3 nitrogen and oxygen atoms in total. The van der Waals surface area contributed by atoms with Gasteiger partial charge in [-0.15, -0.1) is 0 Å². The Bertz CT molecular complexity index is 819. The molecule has 2 aromatic rings. The number of allylic oxidation sites excluding steroid dienone is 1. The van der Waals surface area contributed by atoms with Crippen LogP contribution in [-0.2, 0) is 0 Å². The van der Waals surface area contributed by atoms with Crippen LogP contribution in [0.4, 0.5) is 8.78 Å². The molecule has 1 N–H and O–H groups in total. The number of rotatable bonds is 5. The zero-order chi connectivity index (χ0) is 21.4. The van der Waals surface area contributed by atoms with E-state index in [2.05, 4.69) is 37.4 Å². The van der Waals surface area contributed by atoms with E-state index in [4.69, 9.17) is 9.94 Å². The maximum absolute atomic E-state index is 13.9. The van der Waals surface area contributed by atoms with Crippen molar-refractivity contribution in [1.29, 1.82) is 0 Å². The molecular formula is C24H29F2NO2U. The molecule has 0 aromatic heterocycles. The molecule has 1 aliphatic rings. The van der Waals surface area contributed by atoms with Crippen LogP contribution < -0.4 is 4.74 Å². The monoisotopic (exact) mass is 639 g/mol. The fourth-order valence-corrected chi connectivity index (χ4v) is 3.67. The molecule has 0 atom stereocenters. The molecule has 0 radical (unpaired) electrons. The standard InChI is InChI=1S/C19H20F2O.C5H9NO.U/c1-22-19-16(11-12-17(20)18(19)21)15-9-7-14(8-10-15)13-5-3-2-4-6-13;1-4-5(2)6(3)7;/h2-6,11-12,14-15H,7-10H2,1H3;4,7H,1-2H2,3H3;. The van der Waals surface area contributed by atoms with Gasteiger partial charge in [0.25, 0.3) is 0 Å². The van der Waals surface area contributed by atoms with Gasteiger partial charge >= 0.3 is 0 Å². The maximum atomic E-state index is 13.9. The Balaban J connectivity index is 0.000000489. The number of methoxy groups -OCH3 is 1. The van der Waals surface area contributed by atoms with Crippen molar-refractivity contribution in [3.05, 3.63) is 90.2 Å². The molecule has 2 aromatic carbocycles. The Morgan fingerprint density at radius 1 is 1.07 bits per heavy atom. The fraction of sp³-hybridized carbons (Fsp3) is 0.333. The van der Waals surface area contributed by atoms with E-state index in [-0.39, 0.29) is 42.8 Å². The Morgan fingerprint density at radius 2 is 1.63 bits per heavy atom. The first-order chi connectivity index (χ1) is 13.9. The van der Waals surface area contributed by atoms with Crippen molar-refractivity contribution in [2.45, 2.75) is 37.5 Å². The summed E-state index contributed by atoms with van der Waals surface area (Å²) in [5, 5.41) is 9.39. The molecular weight excluding hydrogens is 610 g/mol. The van der Waals surface area contributed by atoms with Gasteiger partial charge in [-0.3, -0.25) is 10.3 Å². The molecule has 1 fully saturated rings. The van der Waals surface area contributed by atoms with Crippen molar-refractivity contribution in [3.8, 4) is 5.75 Å². The van der Waals surface area contributed by atoms with Crippen molar-refractivity contribution >= 4 is 0 Å². The van der Waals surface area contributed by atoms with Gasteiger partial charge in [0.05, 0.1) is 12.8 Å². The van der Waals surface area contributed by atoms with Gasteiger partial charge in [-0.05, 0) is 55.2 Å². The van der Waals surface area contributed by atoms with E-state index in [0.717, 1.165) is 36.3 Å². The summed E-state index contributed by atoms with van der Waals surface area (Å²) in [6, 6.07) is 13.4. The second kappa shape index (κ2) is 12.9. The van der Waals surface area contributed by atoms with Crippen LogP contribution in [0.1, 0.15) is 48.6 Å². The van der Waals surface area contributed by atoms with Crippen LogP contribution in [0.5, 0.6) is 5.75 Å². The zero-order valence-electron chi connectivity index (χ0n) is 17.6. The Kier molecular flexibility index (Phi) is 11.4. The second-order valence-electron chi connectivity index (χ2n) is 7.16. The summed E-state index contributed by atoms with van der Waals surface area (Å²) in [6.07, 6.45) is 5.55. The third-order valence-corrected chi connectivity index (χ3v) is 5.37. The van der Waals surface area contributed by atoms with E-state index in [1.165, 1.54) is 31.9 Å². The van der Waals surface area contributed by atoms with Gasteiger partial charge in [-0.2, -0.15) is 4.39 Å². The van der Waals surface area contributed by atoms with Crippen molar-refractivity contribution in [2.24, 2.45) is 0 Å². The van der Waals surface area contributed by atoms with E-state index in [1.807, 2.05) is 6.07 Å². The van der Waals surface area contributed by atoms with E-state index in [1.54, 1.807) is 6.07 Å². The molecule has 160 valence electrons. The normalized spacial score (nSPS) is 17.6. The summed E-state index contributed by atoms with van der Waals surface area (Å²) >= 11 is 0. The first-order valence-electron chi connectivity index (χ1n) is 9.69. The second-order valence-corrected chi connectivity index (χ2v) is 7.16. The Hall–Kier alpha value is -1.61. The van der Waals surface area contributed by atoms with Crippen LogP contribution in [0, 0.1) is 42.7 Å². The molecule has 0 saturated heterocycles. The summed E-state index contributed by atoms with van der Waals surface area (Å²) in [4.78, 5) is 0. The van der Waals surface area contributed by atoms with E-state index in [9.17, 15) is 8.78 Å². The van der Waals surface area contributed by atoms with Crippen LogP contribution in [-0.4, -0.2) is 24.4 Å². The summed E-state index contributed by atoms with van der Waals surface area (Å²) in [5.74, 6) is -0.842. The Morgan fingerprint density at radius 3 is 2.10 bits per heavy atom. The first kappa shape index (κ1) is 26.4. The minimum Gasteiger partial charge on any atom is -0.493 e. The molecule has 0 amide bonds. The van der Waals surface area contributed by atoms with Crippen LogP contribution in [0.3, 0.4) is 0 Å². The van der Waals surface area contributed by atoms with Gasteiger partial charge in [0, 0.05) is 43.7 Å². The molecule has 0 spiro atoms. The molecule has 30 heavy (non-hydrogen) atoms. The minimum absolute atomic E-state index is 0. The molecule has 6 heteroatoms. The number of likely N-dealkylation sites (N-methyl/N-ethyl adjacent to an activating group) is 1. The van der Waals surface area contributed by atoms with Gasteiger partial charge in [-0.25, -0.2) is 4.39 Å². The quantitative estimate of drug-likeness (QED) is 0.303. The molecule has 0 unspecified atom stereocenters. The zero-order valence-corrected chi connectivity index (χ0v) is 21.7. The smallest absolute Gasteiger partial charge is 0.200 e. The number of ether oxygens (including phenoxy) is 1. The molecule has 0 heterocycles. The number of hydroxylamine groups is 2. The summed E-state index contributed by atoms with van der Waals surface area (Å²) < 4.78 is 32.3. The summed E-state index contributed by atoms with van der Waals surface area (Å²) in [6.45, 7) is 6.81. The van der Waals surface area contributed by atoms with Gasteiger partial charge in [0.15, 0.2) is 11.6 Å². The third-order valence-electron chi connectivity index (χ3n) is 5.37. The predicted molar refractivity (Wildman–Crippen MR) is 112 cm³/mol. The Labute approximate surface area is 201 Å². The molecule has 3 rings (SSSR count). The van der Waals surface area contributed by atoms with E-state index in [0.29, 0.717) is 11.6 Å². The minimum atomic E-state index is -0.870. The molecule has 1 aliphatic carbocycles. The van der Waals surface area contributed by atoms with E-state index >= 15 is 0 Å². The van der Waals surface area contributed by atoms with Crippen LogP contribution in [0.15, 0.2) is 67.4 Å². The van der Waals surface area contributed by atoms with Crippen LogP contribution in [0.25, 0.3) is 0 Å². The molecule has 1 saturated carbocycles.